The molecule has 15 aromatic rings. The highest BCUT2D eigenvalue weighted by Gasteiger charge is 2.40. The van der Waals surface area contributed by atoms with Gasteiger partial charge < -0.3 is 0 Å². The first-order valence-corrected chi connectivity index (χ1v) is 26.3. The molecule has 2 aliphatic rings. The van der Waals surface area contributed by atoms with E-state index < -0.39 is 0 Å². The highest BCUT2D eigenvalue weighted by molar-refractivity contribution is 6.37. The van der Waals surface area contributed by atoms with Gasteiger partial charge in [-0.15, -0.1) is 0 Å². The van der Waals surface area contributed by atoms with Crippen LogP contribution in [0.1, 0.15) is 83.3 Å². The molecule has 0 unspecified atom stereocenters. The highest BCUT2D eigenvalue weighted by Crippen LogP contribution is 2.56. The first-order valence-electron chi connectivity index (χ1n) is 26.3. The molecule has 2 aliphatic carbocycles. The Labute approximate surface area is 427 Å². The van der Waals surface area contributed by atoms with Crippen molar-refractivity contribution in [3.05, 3.63) is 189 Å². The molecule has 74 heavy (non-hydrogen) atoms. The van der Waals surface area contributed by atoms with E-state index in [1.807, 2.05) is 0 Å². The van der Waals surface area contributed by atoms with Crippen molar-refractivity contribution in [3.63, 3.8) is 0 Å². The van der Waals surface area contributed by atoms with Gasteiger partial charge in [-0.3, -0.25) is 17.6 Å². The average molecular weight is 953 g/mol. The van der Waals surface area contributed by atoms with Crippen LogP contribution in [0, 0.1) is 41.5 Å². The molecule has 17 rings (SSSR count). The maximum absolute atomic E-state index is 5.91. The third-order valence-electron chi connectivity index (χ3n) is 18.3. The normalized spacial score (nSPS) is 14.8. The summed E-state index contributed by atoms with van der Waals surface area (Å²) < 4.78 is 10.1. The van der Waals surface area contributed by atoms with Crippen LogP contribution in [-0.2, 0) is 10.8 Å². The van der Waals surface area contributed by atoms with Crippen molar-refractivity contribution in [2.75, 3.05) is 0 Å². The molecule has 6 aromatic heterocycles. The topological polar surface area (TPSA) is 43.4 Å². The predicted molar refractivity (Wildman–Crippen MR) is 308 cm³/mol. The third-order valence-corrected chi connectivity index (χ3v) is 18.3. The SMILES string of the molecule is Cc1cc(C)c(-c2cccc3c2nc2n3c3c4c5cc6c(cc5n5c4c(c4c7cc8c(cc7n2c43)C(C)(C)c2ccccc2-8)n2c3cccc(-c4c(C)cc(C)cc4C)c3nc25)C(C)(C)c2ccccc2-6)c(C)c1. The van der Waals surface area contributed by atoms with Crippen molar-refractivity contribution in [2.45, 2.75) is 80.1 Å². The Morgan fingerprint density at radius 2 is 0.689 bits per heavy atom. The molecule has 0 N–H and O–H groups in total. The summed E-state index contributed by atoms with van der Waals surface area (Å²) in [5.74, 6) is 1.88. The lowest BCUT2D eigenvalue weighted by Gasteiger charge is -2.21. The van der Waals surface area contributed by atoms with Gasteiger partial charge in [0.15, 0.2) is 0 Å². The van der Waals surface area contributed by atoms with Crippen LogP contribution in [0.15, 0.2) is 133 Å². The molecule has 354 valence electrons. The predicted octanol–water partition coefficient (Wildman–Crippen LogP) is 17.1. The molecule has 0 spiro atoms. The average Bonchev–Trinajstić information content (AvgIpc) is 4.30. The Bertz CT molecular complexity index is 4770. The van der Waals surface area contributed by atoms with E-state index in [0.29, 0.717) is 0 Å². The number of fused-ring (bicyclic) bond motifs is 24. The van der Waals surface area contributed by atoms with Crippen LogP contribution in [0.3, 0.4) is 0 Å². The Morgan fingerprint density at radius 3 is 1.08 bits per heavy atom. The molecular formula is C68H52N6. The lowest BCUT2D eigenvalue weighted by atomic mass is 9.82. The zero-order chi connectivity index (χ0) is 49.9. The summed E-state index contributed by atoms with van der Waals surface area (Å²) in [7, 11) is 0. The molecule has 6 heterocycles. The quantitative estimate of drug-likeness (QED) is 0.173. The van der Waals surface area contributed by atoms with E-state index in [0.717, 1.165) is 33.6 Å². The summed E-state index contributed by atoms with van der Waals surface area (Å²) in [5, 5.41) is 4.94. The molecule has 9 aromatic carbocycles. The van der Waals surface area contributed by atoms with E-state index in [1.165, 1.54) is 155 Å². The number of benzene rings is 9. The number of rotatable bonds is 2. The van der Waals surface area contributed by atoms with E-state index >= 15 is 0 Å². The Morgan fingerprint density at radius 1 is 0.338 bits per heavy atom. The number of aromatic nitrogens is 6. The second-order valence-corrected chi connectivity index (χ2v) is 23.4. The van der Waals surface area contributed by atoms with Gasteiger partial charge in [-0.1, -0.05) is 136 Å². The van der Waals surface area contributed by atoms with Crippen molar-refractivity contribution < 1.29 is 0 Å². The molecule has 6 nitrogen and oxygen atoms in total. The van der Waals surface area contributed by atoms with Gasteiger partial charge in [-0.2, -0.15) is 0 Å². The minimum absolute atomic E-state index is 0.193. The number of nitrogens with zero attached hydrogens (tertiary/aromatic N) is 6. The minimum atomic E-state index is -0.193. The first-order chi connectivity index (χ1) is 35.7. The highest BCUT2D eigenvalue weighted by atomic mass is 15.2. The molecular weight excluding hydrogens is 901 g/mol. The van der Waals surface area contributed by atoms with Crippen molar-refractivity contribution in [3.8, 4) is 44.5 Å². The fraction of sp³-hybridized carbons (Fsp3) is 0.176. The molecule has 0 bridgehead atoms. The third kappa shape index (κ3) is 4.55. The van der Waals surface area contributed by atoms with E-state index in [-0.39, 0.29) is 10.8 Å². The number of hydrogen-bond donors (Lipinski definition) is 0. The van der Waals surface area contributed by atoms with E-state index in [9.17, 15) is 0 Å². The molecule has 0 atom stereocenters. The van der Waals surface area contributed by atoms with Gasteiger partial charge in [-0.05, 0) is 156 Å². The number of hydrogen-bond acceptors (Lipinski definition) is 2. The van der Waals surface area contributed by atoms with Crippen LogP contribution < -0.4 is 0 Å². The lowest BCUT2D eigenvalue weighted by molar-refractivity contribution is 0.661. The molecule has 0 saturated carbocycles. The fourth-order valence-electron chi connectivity index (χ4n) is 15.5. The standard InChI is InChI=1S/C68H52N6/c1-33-25-35(3)55(36(4)26-33)41-19-15-23-51-59(41)69-65-71(51)61-57-46-30-44-40-18-12-14-22-48(40)68(9,10)50(44)32-54(46)74-64(57)62(72-52-24-16-20-42(60(52)70-66(72)74)56-37(5)27-34(2)28-38(56)6)58-45-29-43-39-17-11-13-21-47(39)67(7,8)49(43)31-53(45)73(65)63(58)61/h11-32H,1-10H3. The largest absolute Gasteiger partial charge is 0.277 e. The molecule has 0 amide bonds. The number of para-hydroxylation sites is 2. The van der Waals surface area contributed by atoms with Gasteiger partial charge in [0, 0.05) is 43.5 Å². The van der Waals surface area contributed by atoms with E-state index in [4.69, 9.17) is 9.97 Å². The van der Waals surface area contributed by atoms with Gasteiger partial charge in [0.1, 0.15) is 0 Å². The Balaban J connectivity index is 1.15. The smallest absolute Gasteiger partial charge is 0.220 e. The van der Waals surface area contributed by atoms with Gasteiger partial charge in [0.2, 0.25) is 11.6 Å². The Hall–Kier alpha value is -8.48. The molecule has 0 aliphatic heterocycles. The number of aryl methyl sites for hydroxylation is 6. The summed E-state index contributed by atoms with van der Waals surface area (Å²) in [4.78, 5) is 11.8. The summed E-state index contributed by atoms with van der Waals surface area (Å²) in [6.45, 7) is 23.0. The maximum atomic E-state index is 5.91. The summed E-state index contributed by atoms with van der Waals surface area (Å²) in [5.41, 5.74) is 34.2. The summed E-state index contributed by atoms with van der Waals surface area (Å²) in [6, 6.07) is 51.2. The monoisotopic (exact) mass is 952 g/mol. The van der Waals surface area contributed by atoms with Crippen LogP contribution in [0.2, 0.25) is 0 Å². The van der Waals surface area contributed by atoms with E-state index in [2.05, 4.69) is 220 Å². The lowest BCUT2D eigenvalue weighted by Crippen LogP contribution is -2.14. The second-order valence-electron chi connectivity index (χ2n) is 23.4. The molecule has 0 saturated heterocycles. The van der Waals surface area contributed by atoms with Crippen molar-refractivity contribution in [2.24, 2.45) is 0 Å². The van der Waals surface area contributed by atoms with Gasteiger partial charge >= 0.3 is 0 Å². The number of imidazole rings is 4. The first kappa shape index (κ1) is 41.0. The molecule has 0 fully saturated rings. The fourth-order valence-corrected chi connectivity index (χ4v) is 15.5. The zero-order valence-electron chi connectivity index (χ0n) is 43.4. The van der Waals surface area contributed by atoms with Crippen LogP contribution in [0.25, 0.3) is 133 Å². The minimum Gasteiger partial charge on any atom is -0.277 e. The van der Waals surface area contributed by atoms with Crippen molar-refractivity contribution in [1.82, 2.24) is 27.6 Å². The summed E-state index contributed by atoms with van der Waals surface area (Å²) in [6.07, 6.45) is 0. The Kier molecular flexibility index (Phi) is 7.21. The second kappa shape index (κ2) is 13.0. The van der Waals surface area contributed by atoms with Gasteiger partial charge in [-0.25, -0.2) is 9.97 Å². The molecule has 0 radical (unpaired) electrons. The van der Waals surface area contributed by atoms with Crippen LogP contribution in [0.5, 0.6) is 0 Å². The van der Waals surface area contributed by atoms with Crippen LogP contribution >= 0.6 is 0 Å². The van der Waals surface area contributed by atoms with Gasteiger partial charge in [0.05, 0.1) is 55.2 Å². The molecule has 6 heteroatoms. The van der Waals surface area contributed by atoms with Crippen LogP contribution in [-0.4, -0.2) is 27.6 Å². The van der Waals surface area contributed by atoms with Gasteiger partial charge in [0.25, 0.3) is 0 Å². The van der Waals surface area contributed by atoms with Crippen LogP contribution in [0.4, 0.5) is 0 Å². The van der Waals surface area contributed by atoms with Crippen molar-refractivity contribution in [1.29, 1.82) is 0 Å². The van der Waals surface area contributed by atoms with Crippen molar-refractivity contribution >= 4 is 88.3 Å². The maximum Gasteiger partial charge on any atom is 0.220 e. The summed E-state index contributed by atoms with van der Waals surface area (Å²) >= 11 is 0. The van der Waals surface area contributed by atoms with E-state index in [1.54, 1.807) is 0 Å². The zero-order valence-corrected chi connectivity index (χ0v) is 43.4.